The Kier molecular flexibility index (Phi) is 4.40. The largest absolute Gasteiger partial charge is 0.487 e. The first-order chi connectivity index (χ1) is 12.2. The summed E-state index contributed by atoms with van der Waals surface area (Å²) in [5, 5.41) is 3.01. The Morgan fingerprint density at radius 3 is 3.00 bits per heavy atom. The van der Waals surface area contributed by atoms with Crippen LogP contribution in [0.25, 0.3) is 11.3 Å². The average Bonchev–Trinajstić information content (AvgIpc) is 3.29. The lowest BCUT2D eigenvalue weighted by atomic mass is 10.0. The molecule has 5 heteroatoms. The molecular formula is C20H22N2O3. The zero-order valence-corrected chi connectivity index (χ0v) is 14.3. The first-order valence-electron chi connectivity index (χ1n) is 8.78. The van der Waals surface area contributed by atoms with Crippen molar-refractivity contribution in [3.63, 3.8) is 0 Å². The van der Waals surface area contributed by atoms with Gasteiger partial charge in [0.15, 0.2) is 0 Å². The number of hydrogen-bond donors (Lipinski definition) is 1. The molecule has 1 N–H and O–H groups in total. The predicted octanol–water partition coefficient (Wildman–Crippen LogP) is 2.51. The van der Waals surface area contributed by atoms with Crippen molar-refractivity contribution >= 4 is 5.91 Å². The van der Waals surface area contributed by atoms with Gasteiger partial charge in [0.2, 0.25) is 5.91 Å². The van der Waals surface area contributed by atoms with Gasteiger partial charge in [-0.25, -0.2) is 0 Å². The van der Waals surface area contributed by atoms with Gasteiger partial charge in [0.05, 0.1) is 24.8 Å². The maximum absolute atomic E-state index is 12.1. The van der Waals surface area contributed by atoms with Crippen LogP contribution in [0.3, 0.4) is 0 Å². The number of ether oxygens (including phenoxy) is 2. The van der Waals surface area contributed by atoms with E-state index in [9.17, 15) is 4.79 Å². The monoisotopic (exact) mass is 338 g/mol. The lowest BCUT2D eigenvalue weighted by Crippen LogP contribution is -2.38. The second kappa shape index (κ2) is 6.84. The molecule has 4 rings (SSSR count). The molecule has 0 spiro atoms. The summed E-state index contributed by atoms with van der Waals surface area (Å²) >= 11 is 0. The molecule has 1 amide bonds. The van der Waals surface area contributed by atoms with E-state index < -0.39 is 0 Å². The smallest absolute Gasteiger partial charge is 0.225 e. The van der Waals surface area contributed by atoms with Crippen molar-refractivity contribution in [1.82, 2.24) is 10.3 Å². The third-order valence-electron chi connectivity index (χ3n) is 4.82. The maximum atomic E-state index is 12.1. The third kappa shape index (κ3) is 3.37. The molecule has 25 heavy (non-hydrogen) atoms. The zero-order valence-electron chi connectivity index (χ0n) is 14.3. The van der Waals surface area contributed by atoms with Gasteiger partial charge in [0.1, 0.15) is 11.9 Å². The Balaban J connectivity index is 1.44. The Morgan fingerprint density at radius 1 is 1.32 bits per heavy atom. The van der Waals surface area contributed by atoms with Crippen LogP contribution < -0.4 is 10.1 Å². The number of nitrogens with one attached hydrogen (secondary N) is 1. The molecule has 0 aliphatic carbocycles. The van der Waals surface area contributed by atoms with Crippen LogP contribution in [-0.2, 0) is 16.0 Å². The van der Waals surface area contributed by atoms with Crippen LogP contribution in [0.4, 0.5) is 0 Å². The molecule has 1 aromatic carbocycles. The number of aromatic nitrogens is 1. The number of carbonyl (C=O) groups is 1. The molecule has 0 bridgehead atoms. The summed E-state index contributed by atoms with van der Waals surface area (Å²) in [5.74, 6) is 0.941. The molecule has 1 aromatic heterocycles. The molecule has 2 aliphatic heterocycles. The number of aryl methyl sites for hydroxylation is 1. The number of amides is 1. The topological polar surface area (TPSA) is 60.5 Å². The molecule has 2 aliphatic rings. The number of hydrogen-bond acceptors (Lipinski definition) is 4. The van der Waals surface area contributed by atoms with Crippen LogP contribution in [0.2, 0.25) is 0 Å². The maximum Gasteiger partial charge on any atom is 0.225 e. The quantitative estimate of drug-likeness (QED) is 0.930. The van der Waals surface area contributed by atoms with Gasteiger partial charge in [0.25, 0.3) is 0 Å². The average molecular weight is 338 g/mol. The van der Waals surface area contributed by atoms with Crippen LogP contribution in [-0.4, -0.2) is 36.8 Å². The minimum absolute atomic E-state index is 0.0175. The molecule has 0 radical (unpaired) electrons. The number of pyridine rings is 1. The molecule has 2 aromatic rings. The van der Waals surface area contributed by atoms with E-state index in [-0.39, 0.29) is 17.9 Å². The van der Waals surface area contributed by atoms with Crippen molar-refractivity contribution in [2.45, 2.75) is 25.9 Å². The number of nitrogens with zero attached hydrogens (tertiary/aromatic N) is 1. The van der Waals surface area contributed by atoms with Crippen molar-refractivity contribution in [3.8, 4) is 17.0 Å². The van der Waals surface area contributed by atoms with E-state index in [4.69, 9.17) is 9.47 Å². The van der Waals surface area contributed by atoms with Crippen LogP contribution >= 0.6 is 0 Å². The van der Waals surface area contributed by atoms with Crippen molar-refractivity contribution in [3.05, 3.63) is 47.7 Å². The Morgan fingerprint density at radius 2 is 2.24 bits per heavy atom. The van der Waals surface area contributed by atoms with E-state index >= 15 is 0 Å². The van der Waals surface area contributed by atoms with Crippen LogP contribution in [0, 0.1) is 12.8 Å². The second-order valence-electron chi connectivity index (χ2n) is 6.76. The second-order valence-corrected chi connectivity index (χ2v) is 6.76. The first kappa shape index (κ1) is 16.1. The van der Waals surface area contributed by atoms with E-state index in [2.05, 4.69) is 22.4 Å². The van der Waals surface area contributed by atoms with Crippen molar-refractivity contribution in [1.29, 1.82) is 0 Å². The summed E-state index contributed by atoms with van der Waals surface area (Å²) in [6, 6.07) is 10.2. The van der Waals surface area contributed by atoms with E-state index in [1.807, 2.05) is 31.3 Å². The summed E-state index contributed by atoms with van der Waals surface area (Å²) < 4.78 is 11.4. The van der Waals surface area contributed by atoms with Gasteiger partial charge < -0.3 is 14.8 Å². The number of para-hydroxylation sites is 1. The summed E-state index contributed by atoms with van der Waals surface area (Å²) in [7, 11) is 0. The van der Waals surface area contributed by atoms with Gasteiger partial charge >= 0.3 is 0 Å². The first-order valence-corrected chi connectivity index (χ1v) is 8.78. The minimum atomic E-state index is -0.0344. The Hall–Kier alpha value is -2.40. The summed E-state index contributed by atoms with van der Waals surface area (Å²) in [5.41, 5.74) is 4.22. The molecular weight excluding hydrogens is 316 g/mol. The SMILES string of the molecule is Cc1ccc(-c2cccc3c2O[C@H](CNC(=O)[C@H]2CCOC2)C3)nc1. The normalized spacial score (nSPS) is 21.6. The third-order valence-corrected chi connectivity index (χ3v) is 4.82. The highest BCUT2D eigenvalue weighted by molar-refractivity contribution is 5.79. The number of rotatable bonds is 4. The fraction of sp³-hybridized carbons (Fsp3) is 0.400. The minimum Gasteiger partial charge on any atom is -0.487 e. The van der Waals surface area contributed by atoms with Gasteiger partial charge in [0, 0.05) is 24.8 Å². The van der Waals surface area contributed by atoms with Gasteiger partial charge in [-0.05, 0) is 36.6 Å². The van der Waals surface area contributed by atoms with Gasteiger partial charge in [-0.2, -0.15) is 0 Å². The molecule has 3 heterocycles. The summed E-state index contributed by atoms with van der Waals surface area (Å²) in [4.78, 5) is 16.7. The zero-order chi connectivity index (χ0) is 17.2. The highest BCUT2D eigenvalue weighted by Gasteiger charge is 2.28. The van der Waals surface area contributed by atoms with Gasteiger partial charge in [-0.15, -0.1) is 0 Å². The molecule has 5 nitrogen and oxygen atoms in total. The molecule has 0 unspecified atom stereocenters. The van der Waals surface area contributed by atoms with Crippen molar-refractivity contribution in [2.75, 3.05) is 19.8 Å². The summed E-state index contributed by atoms with van der Waals surface area (Å²) in [6.45, 7) is 3.75. The molecule has 1 saturated heterocycles. The summed E-state index contributed by atoms with van der Waals surface area (Å²) in [6.07, 6.45) is 3.44. The fourth-order valence-electron chi connectivity index (χ4n) is 3.38. The highest BCUT2D eigenvalue weighted by atomic mass is 16.5. The number of carbonyl (C=O) groups excluding carboxylic acids is 1. The lowest BCUT2D eigenvalue weighted by molar-refractivity contribution is -0.125. The van der Waals surface area contributed by atoms with Gasteiger partial charge in [-0.3, -0.25) is 9.78 Å². The van der Waals surface area contributed by atoms with E-state index in [0.29, 0.717) is 19.8 Å². The highest BCUT2D eigenvalue weighted by Crippen LogP contribution is 2.37. The fourth-order valence-corrected chi connectivity index (χ4v) is 3.38. The van der Waals surface area contributed by atoms with Crippen LogP contribution in [0.5, 0.6) is 5.75 Å². The van der Waals surface area contributed by atoms with Crippen molar-refractivity contribution in [2.24, 2.45) is 5.92 Å². The van der Waals surface area contributed by atoms with E-state index in [1.165, 1.54) is 5.56 Å². The van der Waals surface area contributed by atoms with Crippen LogP contribution in [0.15, 0.2) is 36.5 Å². The molecule has 130 valence electrons. The number of benzene rings is 1. The molecule has 0 saturated carbocycles. The number of fused-ring (bicyclic) bond motifs is 1. The van der Waals surface area contributed by atoms with E-state index in [0.717, 1.165) is 35.4 Å². The Bertz CT molecular complexity index is 767. The van der Waals surface area contributed by atoms with E-state index in [1.54, 1.807) is 0 Å². The lowest BCUT2D eigenvalue weighted by Gasteiger charge is -2.15. The standard InChI is InChI=1S/C20H22N2O3/c1-13-5-6-18(21-10-13)17-4-2-3-14-9-16(25-19(14)17)11-22-20(23)15-7-8-24-12-15/h2-6,10,15-16H,7-9,11-12H2,1H3,(H,22,23)/t15-,16-/m0/s1. The van der Waals surface area contributed by atoms with Crippen LogP contribution in [0.1, 0.15) is 17.5 Å². The van der Waals surface area contributed by atoms with Gasteiger partial charge in [-0.1, -0.05) is 18.2 Å². The predicted molar refractivity (Wildman–Crippen MR) is 94.5 cm³/mol. The van der Waals surface area contributed by atoms with Crippen molar-refractivity contribution < 1.29 is 14.3 Å². The molecule has 2 atom stereocenters. The molecule has 1 fully saturated rings. The Labute approximate surface area is 147 Å².